The van der Waals surface area contributed by atoms with Crippen LogP contribution in [-0.4, -0.2) is 32.0 Å². The maximum absolute atomic E-state index is 12.5. The van der Waals surface area contributed by atoms with Gasteiger partial charge in [0.25, 0.3) is 15.8 Å². The Bertz CT molecular complexity index is 912. The van der Waals surface area contributed by atoms with Crippen molar-refractivity contribution in [1.82, 2.24) is 0 Å². The van der Waals surface area contributed by atoms with Gasteiger partial charge in [-0.25, -0.2) is 4.79 Å². The molecule has 2 aromatic rings. The van der Waals surface area contributed by atoms with E-state index in [9.17, 15) is 23.3 Å². The molecule has 0 spiro atoms. The molecule has 0 saturated carbocycles. The summed E-state index contributed by atoms with van der Waals surface area (Å²) in [6, 6.07) is 13.9. The standard InChI is InChI=1S/C20H23NO7S/c1-2-15-27-20(22)19(10-6-9-16-7-4-3-5-8-16)28-29(25,26)18-13-11-17(12-14-18)21(23)24/h3-5,7-8,11-14,19H,2,6,9-10,15H2,1H3/t19-/m1/s1. The van der Waals surface area contributed by atoms with Gasteiger partial charge in [0.05, 0.1) is 16.4 Å². The largest absolute Gasteiger partial charge is 0.464 e. The average molecular weight is 421 g/mol. The van der Waals surface area contributed by atoms with E-state index in [0.29, 0.717) is 19.3 Å². The lowest BCUT2D eigenvalue weighted by molar-refractivity contribution is -0.384. The first-order chi connectivity index (χ1) is 13.8. The topological polar surface area (TPSA) is 113 Å². The fraction of sp³-hybridized carbons (Fsp3) is 0.350. The summed E-state index contributed by atoms with van der Waals surface area (Å²) in [7, 11) is -4.29. The van der Waals surface area contributed by atoms with Gasteiger partial charge < -0.3 is 4.74 Å². The molecule has 0 radical (unpaired) electrons. The number of nitrogens with zero attached hydrogens (tertiary/aromatic N) is 1. The monoisotopic (exact) mass is 421 g/mol. The van der Waals surface area contributed by atoms with Gasteiger partial charge in [0.1, 0.15) is 0 Å². The Morgan fingerprint density at radius 1 is 1.10 bits per heavy atom. The molecule has 1 atom stereocenters. The number of ether oxygens (including phenoxy) is 1. The van der Waals surface area contributed by atoms with Crippen molar-refractivity contribution in [2.75, 3.05) is 6.61 Å². The van der Waals surface area contributed by atoms with Crippen molar-refractivity contribution < 1.29 is 27.1 Å². The molecule has 2 rings (SSSR count). The van der Waals surface area contributed by atoms with Crippen molar-refractivity contribution >= 4 is 21.8 Å². The van der Waals surface area contributed by atoms with E-state index in [4.69, 9.17) is 8.92 Å². The van der Waals surface area contributed by atoms with Gasteiger partial charge in [0.15, 0.2) is 6.10 Å². The number of benzene rings is 2. The summed E-state index contributed by atoms with van der Waals surface area (Å²) in [4.78, 5) is 22.1. The van der Waals surface area contributed by atoms with Crippen molar-refractivity contribution in [2.45, 2.75) is 43.6 Å². The molecule has 0 unspecified atom stereocenters. The second-order valence-corrected chi connectivity index (χ2v) is 7.91. The SMILES string of the molecule is CCCOC(=O)[C@@H](CCCc1ccccc1)OS(=O)(=O)c1ccc([N+](=O)[O-])cc1. The molecule has 0 amide bonds. The number of hydrogen-bond donors (Lipinski definition) is 0. The van der Waals surface area contributed by atoms with Crippen LogP contribution in [0, 0.1) is 10.1 Å². The van der Waals surface area contributed by atoms with Gasteiger partial charge in [-0.3, -0.25) is 14.3 Å². The van der Waals surface area contributed by atoms with Crippen molar-refractivity contribution in [3.8, 4) is 0 Å². The van der Waals surface area contributed by atoms with E-state index < -0.39 is 27.1 Å². The molecule has 0 fully saturated rings. The van der Waals surface area contributed by atoms with Gasteiger partial charge in [0.2, 0.25) is 0 Å². The van der Waals surface area contributed by atoms with Crippen molar-refractivity contribution in [3.63, 3.8) is 0 Å². The fourth-order valence-corrected chi connectivity index (χ4v) is 3.64. The van der Waals surface area contributed by atoms with E-state index in [-0.39, 0.29) is 23.6 Å². The van der Waals surface area contributed by atoms with Gasteiger partial charge in [-0.2, -0.15) is 8.42 Å². The minimum absolute atomic E-state index is 0.156. The molecule has 0 heterocycles. The quantitative estimate of drug-likeness (QED) is 0.235. The zero-order chi connectivity index (χ0) is 21.3. The molecule has 0 aliphatic rings. The van der Waals surface area contributed by atoms with Crippen LogP contribution < -0.4 is 0 Å². The number of non-ortho nitro benzene ring substituents is 1. The Balaban J connectivity index is 2.09. The summed E-state index contributed by atoms with van der Waals surface area (Å²) in [5.74, 6) is -0.745. The third-order valence-corrected chi connectivity index (χ3v) is 5.40. The fourth-order valence-electron chi connectivity index (χ4n) is 2.58. The zero-order valence-electron chi connectivity index (χ0n) is 16.0. The molecule has 29 heavy (non-hydrogen) atoms. The van der Waals surface area contributed by atoms with Crippen molar-refractivity contribution in [2.24, 2.45) is 0 Å². The van der Waals surface area contributed by atoms with Crippen LogP contribution in [0.4, 0.5) is 5.69 Å². The highest BCUT2D eigenvalue weighted by Gasteiger charge is 2.29. The Morgan fingerprint density at radius 2 is 1.76 bits per heavy atom. The molecule has 0 aliphatic heterocycles. The van der Waals surface area contributed by atoms with E-state index in [1.54, 1.807) is 0 Å². The van der Waals surface area contributed by atoms with Gasteiger partial charge in [-0.05, 0) is 43.4 Å². The van der Waals surface area contributed by atoms with Crippen LogP contribution in [-0.2, 0) is 30.3 Å². The minimum atomic E-state index is -4.29. The highest BCUT2D eigenvalue weighted by atomic mass is 32.2. The smallest absolute Gasteiger partial charge is 0.336 e. The minimum Gasteiger partial charge on any atom is -0.464 e. The highest BCUT2D eigenvalue weighted by molar-refractivity contribution is 7.86. The Kier molecular flexibility index (Phi) is 8.29. The normalized spacial score (nSPS) is 12.3. The maximum Gasteiger partial charge on any atom is 0.336 e. The highest BCUT2D eigenvalue weighted by Crippen LogP contribution is 2.21. The Morgan fingerprint density at radius 3 is 2.34 bits per heavy atom. The first kappa shape index (κ1) is 22.5. The van der Waals surface area contributed by atoms with Crippen molar-refractivity contribution in [1.29, 1.82) is 0 Å². The van der Waals surface area contributed by atoms with Crippen LogP contribution in [0.3, 0.4) is 0 Å². The number of aryl methyl sites for hydroxylation is 1. The molecule has 0 aromatic heterocycles. The summed E-state index contributed by atoms with van der Waals surface area (Å²) in [5.41, 5.74) is 0.817. The third kappa shape index (κ3) is 6.95. The predicted octanol–water partition coefficient (Wildman–Crippen LogP) is 3.64. The average Bonchev–Trinajstić information content (AvgIpc) is 2.72. The summed E-state index contributed by atoms with van der Waals surface area (Å²) < 4.78 is 35.3. The van der Waals surface area contributed by atoms with Gasteiger partial charge >= 0.3 is 5.97 Å². The van der Waals surface area contributed by atoms with E-state index in [2.05, 4.69) is 0 Å². The Labute approximate surface area is 169 Å². The molecule has 8 nitrogen and oxygen atoms in total. The summed E-state index contributed by atoms with van der Waals surface area (Å²) >= 11 is 0. The van der Waals surface area contributed by atoms with Crippen LogP contribution in [0.15, 0.2) is 59.5 Å². The number of esters is 1. The van der Waals surface area contributed by atoms with Gasteiger partial charge in [-0.15, -0.1) is 0 Å². The molecule has 0 saturated heterocycles. The third-order valence-electron chi connectivity index (χ3n) is 4.06. The molecule has 0 aliphatic carbocycles. The second-order valence-electron chi connectivity index (χ2n) is 6.34. The first-order valence-electron chi connectivity index (χ1n) is 9.22. The van der Waals surface area contributed by atoms with Crippen LogP contribution in [0.2, 0.25) is 0 Å². The number of hydrogen-bond acceptors (Lipinski definition) is 7. The first-order valence-corrected chi connectivity index (χ1v) is 10.6. The second kappa shape index (κ2) is 10.7. The molecule has 2 aromatic carbocycles. The predicted molar refractivity (Wildman–Crippen MR) is 106 cm³/mol. The molecule has 9 heteroatoms. The Hall–Kier alpha value is -2.78. The van der Waals surface area contributed by atoms with Crippen molar-refractivity contribution in [3.05, 3.63) is 70.3 Å². The number of nitro groups is 1. The number of carbonyl (C=O) groups is 1. The summed E-state index contributed by atoms with van der Waals surface area (Å²) in [6.45, 7) is 1.99. The van der Waals surface area contributed by atoms with E-state index in [0.717, 1.165) is 29.8 Å². The van der Waals surface area contributed by atoms with E-state index >= 15 is 0 Å². The zero-order valence-corrected chi connectivity index (χ0v) is 16.8. The van der Waals surface area contributed by atoms with Crippen LogP contribution in [0.5, 0.6) is 0 Å². The van der Waals surface area contributed by atoms with Crippen LogP contribution in [0.25, 0.3) is 0 Å². The van der Waals surface area contributed by atoms with Crippen LogP contribution in [0.1, 0.15) is 31.7 Å². The van der Waals surface area contributed by atoms with E-state index in [1.165, 1.54) is 0 Å². The van der Waals surface area contributed by atoms with Gasteiger partial charge in [0, 0.05) is 12.1 Å². The molecule has 156 valence electrons. The van der Waals surface area contributed by atoms with Crippen LogP contribution >= 0.6 is 0 Å². The lowest BCUT2D eigenvalue weighted by Crippen LogP contribution is -2.29. The number of carbonyl (C=O) groups excluding carboxylic acids is 1. The summed E-state index contributed by atoms with van der Waals surface area (Å²) in [6.07, 6.45) is 0.636. The molecular weight excluding hydrogens is 398 g/mol. The maximum atomic E-state index is 12.5. The molecular formula is C20H23NO7S. The van der Waals surface area contributed by atoms with Gasteiger partial charge in [-0.1, -0.05) is 37.3 Å². The molecule has 0 N–H and O–H groups in total. The number of nitro benzene ring substituents is 1. The molecule has 0 bridgehead atoms. The number of rotatable bonds is 11. The lowest BCUT2D eigenvalue weighted by atomic mass is 10.1. The summed E-state index contributed by atoms with van der Waals surface area (Å²) in [5, 5.41) is 10.7. The lowest BCUT2D eigenvalue weighted by Gasteiger charge is -2.16. The van der Waals surface area contributed by atoms with E-state index in [1.807, 2.05) is 37.3 Å².